The van der Waals surface area contributed by atoms with Crippen LogP contribution in [-0.2, 0) is 32.0 Å². The zero-order valence-electron chi connectivity index (χ0n) is 19.9. The Balaban J connectivity index is 2.20. The van der Waals surface area contributed by atoms with Crippen molar-refractivity contribution in [3.63, 3.8) is 0 Å². The molecule has 0 saturated carbocycles. The van der Waals surface area contributed by atoms with Crippen molar-refractivity contribution in [2.45, 2.75) is 63.1 Å². The molecule has 36 heavy (non-hydrogen) atoms. The number of benzene rings is 1. The van der Waals surface area contributed by atoms with E-state index in [2.05, 4.69) is 25.9 Å². The molecule has 0 bridgehead atoms. The van der Waals surface area contributed by atoms with Crippen LogP contribution in [0.3, 0.4) is 0 Å². The molecule has 6 unspecified atom stereocenters. The highest BCUT2D eigenvalue weighted by atomic mass is 16.4. The summed E-state index contributed by atoms with van der Waals surface area (Å²) in [7, 11) is 0. The van der Waals surface area contributed by atoms with Crippen LogP contribution in [0.1, 0.15) is 25.1 Å². The number of hydrogen-bond donors (Lipinski definition) is 8. The Morgan fingerprint density at radius 3 is 2.08 bits per heavy atom. The molecular weight excluding hydrogens is 472 g/mol. The van der Waals surface area contributed by atoms with Crippen molar-refractivity contribution >= 4 is 23.7 Å². The largest absolute Gasteiger partial charge is 0.480 e. The lowest BCUT2D eigenvalue weighted by Crippen LogP contribution is -2.61. The average Bonchev–Trinajstić information content (AvgIpc) is 3.34. The number of imidazole rings is 1. The molecule has 1 aromatic heterocycles. The van der Waals surface area contributed by atoms with Crippen molar-refractivity contribution in [3.8, 4) is 0 Å². The van der Waals surface area contributed by atoms with Crippen molar-refractivity contribution in [3.05, 3.63) is 54.1 Å². The van der Waals surface area contributed by atoms with Gasteiger partial charge in [0.2, 0.25) is 17.7 Å². The summed E-state index contributed by atoms with van der Waals surface area (Å²) in [5.41, 5.74) is 6.75. The maximum absolute atomic E-state index is 13.1. The number of rotatable bonds is 13. The van der Waals surface area contributed by atoms with E-state index in [-0.39, 0.29) is 12.8 Å². The van der Waals surface area contributed by atoms with Gasteiger partial charge in [-0.15, -0.1) is 0 Å². The minimum absolute atomic E-state index is 0.0101. The molecule has 9 N–H and O–H groups in total. The van der Waals surface area contributed by atoms with E-state index in [1.807, 2.05) is 0 Å². The summed E-state index contributed by atoms with van der Waals surface area (Å²) < 4.78 is 0. The lowest BCUT2D eigenvalue weighted by Gasteiger charge is -2.26. The molecule has 0 aliphatic heterocycles. The van der Waals surface area contributed by atoms with E-state index < -0.39 is 60.1 Å². The molecule has 0 aliphatic rings. The summed E-state index contributed by atoms with van der Waals surface area (Å²) in [6.07, 6.45) is 0.146. The van der Waals surface area contributed by atoms with E-state index in [0.717, 1.165) is 0 Å². The average molecular weight is 505 g/mol. The first kappa shape index (κ1) is 28.4. The van der Waals surface area contributed by atoms with Crippen LogP contribution >= 0.6 is 0 Å². The first-order valence-electron chi connectivity index (χ1n) is 11.3. The highest BCUT2D eigenvalue weighted by Crippen LogP contribution is 2.06. The molecule has 6 atom stereocenters. The number of H-pyrrole nitrogens is 1. The number of amides is 3. The summed E-state index contributed by atoms with van der Waals surface area (Å²) in [6, 6.07) is 3.29. The van der Waals surface area contributed by atoms with Gasteiger partial charge in [-0.3, -0.25) is 14.4 Å². The molecule has 1 heterocycles. The number of aliphatic hydroxyl groups excluding tert-OH is 2. The Morgan fingerprint density at radius 1 is 0.917 bits per heavy atom. The van der Waals surface area contributed by atoms with Gasteiger partial charge < -0.3 is 42.0 Å². The van der Waals surface area contributed by atoms with Gasteiger partial charge >= 0.3 is 5.97 Å². The quantitative estimate of drug-likeness (QED) is 0.148. The highest BCUT2D eigenvalue weighted by molar-refractivity contribution is 5.94. The lowest BCUT2D eigenvalue weighted by atomic mass is 10.0. The molecule has 1 aromatic carbocycles. The summed E-state index contributed by atoms with van der Waals surface area (Å²) in [5.74, 6) is -3.85. The number of aromatic nitrogens is 2. The summed E-state index contributed by atoms with van der Waals surface area (Å²) in [5, 5.41) is 36.4. The van der Waals surface area contributed by atoms with Gasteiger partial charge in [0.1, 0.15) is 24.2 Å². The number of aromatic amines is 1. The van der Waals surface area contributed by atoms with Crippen LogP contribution in [0.4, 0.5) is 0 Å². The van der Waals surface area contributed by atoms with E-state index >= 15 is 0 Å². The molecule has 13 heteroatoms. The van der Waals surface area contributed by atoms with Gasteiger partial charge in [0.05, 0.1) is 18.5 Å². The number of carbonyl (C=O) groups is 4. The summed E-state index contributed by atoms with van der Waals surface area (Å²) in [6.45, 7) is 2.55. The second-order valence-electron chi connectivity index (χ2n) is 8.42. The number of hydrogen-bond acceptors (Lipinski definition) is 8. The first-order chi connectivity index (χ1) is 17.0. The Labute approximate surface area is 207 Å². The molecule has 2 aromatic rings. The lowest BCUT2D eigenvalue weighted by molar-refractivity contribution is -0.142. The third-order valence-corrected chi connectivity index (χ3v) is 5.39. The van der Waals surface area contributed by atoms with Crippen molar-refractivity contribution in [2.24, 2.45) is 5.73 Å². The Hall–Kier alpha value is -3.81. The number of carbonyl (C=O) groups excluding carboxylic acids is 3. The first-order valence-corrected chi connectivity index (χ1v) is 11.3. The van der Waals surface area contributed by atoms with Crippen LogP contribution in [0.25, 0.3) is 0 Å². The molecule has 13 nitrogen and oxygen atoms in total. The van der Waals surface area contributed by atoms with Gasteiger partial charge in [0.15, 0.2) is 0 Å². The van der Waals surface area contributed by atoms with E-state index in [1.54, 1.807) is 30.3 Å². The van der Waals surface area contributed by atoms with Crippen molar-refractivity contribution in [2.75, 3.05) is 0 Å². The highest BCUT2D eigenvalue weighted by Gasteiger charge is 2.33. The SMILES string of the molecule is CC(O)C(N)C(=O)NC(C(=O)NC(Cc1cnc[nH]1)C(=O)NC(Cc1ccccc1)C(=O)O)C(C)O. The maximum atomic E-state index is 13.1. The van der Waals surface area contributed by atoms with Gasteiger partial charge in [-0.25, -0.2) is 9.78 Å². The van der Waals surface area contributed by atoms with Crippen LogP contribution in [0, 0.1) is 0 Å². The number of aliphatic carboxylic acids is 1. The fourth-order valence-electron chi connectivity index (χ4n) is 3.28. The molecule has 0 fully saturated rings. The van der Waals surface area contributed by atoms with Gasteiger partial charge in [0.25, 0.3) is 0 Å². The summed E-state index contributed by atoms with van der Waals surface area (Å²) in [4.78, 5) is 56.8. The predicted octanol–water partition coefficient (Wildman–Crippen LogP) is -2.18. The number of nitrogens with one attached hydrogen (secondary N) is 4. The van der Waals surface area contributed by atoms with Gasteiger partial charge in [-0.1, -0.05) is 30.3 Å². The van der Waals surface area contributed by atoms with E-state index in [4.69, 9.17) is 5.73 Å². The standard InChI is InChI=1S/C23H32N6O7/c1-12(30)18(24)21(33)29-19(13(2)31)22(34)27-16(9-15-10-25-11-26-15)20(32)28-17(23(35)36)8-14-6-4-3-5-7-14/h3-7,10-13,16-19,30-31H,8-9,24H2,1-2H3,(H,25,26)(H,27,34)(H,28,32)(H,29,33)(H,35,36). The predicted molar refractivity (Wildman–Crippen MR) is 127 cm³/mol. The third kappa shape index (κ3) is 8.45. The van der Waals surface area contributed by atoms with E-state index in [9.17, 15) is 34.5 Å². The van der Waals surface area contributed by atoms with Gasteiger partial charge in [-0.2, -0.15) is 0 Å². The second-order valence-corrected chi connectivity index (χ2v) is 8.42. The maximum Gasteiger partial charge on any atom is 0.326 e. The van der Waals surface area contributed by atoms with Crippen LogP contribution in [0.15, 0.2) is 42.9 Å². The monoisotopic (exact) mass is 504 g/mol. The molecule has 0 radical (unpaired) electrons. The molecule has 0 spiro atoms. The number of aliphatic hydroxyl groups is 2. The zero-order chi connectivity index (χ0) is 26.8. The van der Waals surface area contributed by atoms with E-state index in [1.165, 1.54) is 26.4 Å². The minimum atomic E-state index is -1.50. The number of nitrogens with two attached hydrogens (primary N) is 1. The fourth-order valence-corrected chi connectivity index (χ4v) is 3.28. The van der Waals surface area contributed by atoms with Crippen LogP contribution in [0.2, 0.25) is 0 Å². The van der Waals surface area contributed by atoms with Crippen molar-refractivity contribution in [1.82, 2.24) is 25.9 Å². The van der Waals surface area contributed by atoms with Gasteiger partial charge in [-0.05, 0) is 19.4 Å². The number of carboxylic acid groups (broad SMARTS) is 1. The molecule has 2 rings (SSSR count). The number of nitrogens with zero attached hydrogens (tertiary/aromatic N) is 1. The molecule has 0 aliphatic carbocycles. The van der Waals surface area contributed by atoms with Crippen molar-refractivity contribution < 1.29 is 34.5 Å². The van der Waals surface area contributed by atoms with Crippen LogP contribution in [0.5, 0.6) is 0 Å². The van der Waals surface area contributed by atoms with Gasteiger partial charge in [0, 0.05) is 24.7 Å². The second kappa shape index (κ2) is 13.3. The third-order valence-electron chi connectivity index (χ3n) is 5.39. The topological polar surface area (TPSA) is 220 Å². The Morgan fingerprint density at radius 2 is 1.56 bits per heavy atom. The van der Waals surface area contributed by atoms with Crippen molar-refractivity contribution in [1.29, 1.82) is 0 Å². The fraction of sp³-hybridized carbons (Fsp3) is 0.435. The minimum Gasteiger partial charge on any atom is -0.480 e. The van der Waals surface area contributed by atoms with Crippen LogP contribution < -0.4 is 21.7 Å². The molecular formula is C23H32N6O7. The summed E-state index contributed by atoms with van der Waals surface area (Å²) >= 11 is 0. The smallest absolute Gasteiger partial charge is 0.326 e. The number of carboxylic acids is 1. The molecule has 196 valence electrons. The normalized spacial score (nSPS) is 16.0. The Kier molecular flexibility index (Phi) is 10.5. The molecule has 0 saturated heterocycles. The zero-order valence-corrected chi connectivity index (χ0v) is 19.9. The van der Waals surface area contributed by atoms with Crippen LogP contribution in [-0.4, -0.2) is 85.4 Å². The Bertz CT molecular complexity index is 1010. The van der Waals surface area contributed by atoms with E-state index in [0.29, 0.717) is 11.3 Å². The molecule has 3 amide bonds.